The Labute approximate surface area is 223 Å². The molecule has 0 bridgehead atoms. The largest absolute Gasteiger partial charge is 0.346 e. The Bertz CT molecular complexity index is 1730. The lowest BCUT2D eigenvalue weighted by atomic mass is 9.99. The van der Waals surface area contributed by atoms with Gasteiger partial charge in [-0.2, -0.15) is 0 Å². The van der Waals surface area contributed by atoms with E-state index in [0.29, 0.717) is 45.3 Å². The van der Waals surface area contributed by atoms with E-state index in [1.807, 2.05) is 67.6 Å². The summed E-state index contributed by atoms with van der Waals surface area (Å²) in [5, 5.41) is 2.92. The van der Waals surface area contributed by atoms with E-state index < -0.39 is 12.4 Å². The van der Waals surface area contributed by atoms with Gasteiger partial charge in [-0.3, -0.25) is 9.59 Å². The number of carbonyl (C=O) groups excluding carboxylic acids is 2. The van der Waals surface area contributed by atoms with E-state index in [4.69, 9.17) is 2.74 Å². The Hall–Kier alpha value is -4.97. The van der Waals surface area contributed by atoms with Gasteiger partial charge in [0.1, 0.15) is 5.82 Å². The fraction of sp³-hybridized carbons (Fsp3) is 0.0938. The van der Waals surface area contributed by atoms with Gasteiger partial charge >= 0.3 is 0 Å². The average Bonchev–Trinajstić information content (AvgIpc) is 3.28. The number of aromatic amines is 1. The molecule has 2 heterocycles. The zero-order chi connectivity index (χ0) is 27.9. The van der Waals surface area contributed by atoms with Crippen LogP contribution in [0.5, 0.6) is 0 Å². The van der Waals surface area contributed by atoms with Crippen LogP contribution in [0.3, 0.4) is 0 Å². The first-order valence-electron chi connectivity index (χ1n) is 13.4. The van der Waals surface area contributed by atoms with E-state index in [1.54, 1.807) is 42.5 Å². The molecule has 38 heavy (non-hydrogen) atoms. The number of carbonyl (C=O) groups is 2. The predicted octanol–water partition coefficient (Wildman–Crippen LogP) is 6.51. The van der Waals surface area contributed by atoms with Gasteiger partial charge in [0, 0.05) is 41.0 Å². The highest BCUT2D eigenvalue weighted by Gasteiger charge is 2.26. The van der Waals surface area contributed by atoms with Gasteiger partial charge in [-0.05, 0) is 54.4 Å². The van der Waals surface area contributed by atoms with Gasteiger partial charge in [-0.25, -0.2) is 4.98 Å². The molecule has 0 saturated carbocycles. The molecule has 0 aliphatic carbocycles. The van der Waals surface area contributed by atoms with Gasteiger partial charge in [-0.1, -0.05) is 66.7 Å². The summed E-state index contributed by atoms with van der Waals surface area (Å²) in [6, 6.07) is 30.9. The molecule has 1 aliphatic heterocycles. The number of benzene rings is 4. The lowest BCUT2D eigenvalue weighted by molar-refractivity contribution is 0.0986. The molecule has 0 saturated heterocycles. The van der Waals surface area contributed by atoms with Gasteiger partial charge in [0.2, 0.25) is 0 Å². The van der Waals surface area contributed by atoms with Crippen molar-refractivity contribution < 1.29 is 12.3 Å². The highest BCUT2D eigenvalue weighted by atomic mass is 16.2. The van der Waals surface area contributed by atoms with Crippen molar-refractivity contribution in [3.05, 3.63) is 126 Å². The summed E-state index contributed by atoms with van der Waals surface area (Å²) in [4.78, 5) is 35.9. The van der Waals surface area contributed by atoms with Crippen LogP contribution in [-0.4, -0.2) is 28.3 Å². The molecule has 2 amide bonds. The van der Waals surface area contributed by atoms with Gasteiger partial charge in [0.15, 0.2) is 0 Å². The highest BCUT2D eigenvalue weighted by Crippen LogP contribution is 2.36. The number of amides is 2. The smallest absolute Gasteiger partial charge is 0.258 e. The molecule has 5 aromatic rings. The van der Waals surface area contributed by atoms with E-state index in [2.05, 4.69) is 15.3 Å². The molecule has 0 radical (unpaired) electrons. The number of imidazole rings is 1. The Balaban J connectivity index is 1.28. The van der Waals surface area contributed by atoms with Crippen molar-refractivity contribution in [2.45, 2.75) is 13.3 Å². The number of rotatable bonds is 4. The van der Waals surface area contributed by atoms with Crippen LogP contribution in [0.1, 0.15) is 35.0 Å². The summed E-state index contributed by atoms with van der Waals surface area (Å²) in [6.45, 7) is -0.179. The average molecular weight is 501 g/mol. The third kappa shape index (κ3) is 4.37. The molecule has 1 aliphatic rings. The van der Waals surface area contributed by atoms with Crippen LogP contribution in [-0.2, 0) is 6.42 Å². The van der Waals surface area contributed by atoms with E-state index in [-0.39, 0.29) is 12.3 Å². The normalized spacial score (nSPS) is 14.4. The zero-order valence-corrected chi connectivity index (χ0v) is 20.7. The molecule has 0 unspecified atom stereocenters. The van der Waals surface area contributed by atoms with E-state index in [1.165, 1.54) is 4.90 Å². The van der Waals surface area contributed by atoms with Gasteiger partial charge in [0.05, 0.1) is 14.1 Å². The molecular formula is C32H26N4O2. The number of nitrogens with zero attached hydrogens (tertiary/aromatic N) is 2. The van der Waals surface area contributed by atoms with Gasteiger partial charge < -0.3 is 15.2 Å². The highest BCUT2D eigenvalue weighted by molar-refractivity contribution is 6.10. The molecular weight excluding hydrogens is 472 g/mol. The minimum Gasteiger partial charge on any atom is -0.346 e. The lowest BCUT2D eigenvalue weighted by Gasteiger charge is -2.23. The molecule has 0 fully saturated rings. The molecule has 186 valence electrons. The van der Waals surface area contributed by atoms with Crippen LogP contribution in [0, 0.1) is 6.92 Å². The summed E-state index contributed by atoms with van der Waals surface area (Å²) < 4.78 is 17.7. The molecule has 6 heteroatoms. The monoisotopic (exact) mass is 500 g/mol. The molecule has 0 spiro atoms. The first-order chi connectivity index (χ1) is 19.3. The zero-order valence-electron chi connectivity index (χ0n) is 22.7. The van der Waals surface area contributed by atoms with Crippen molar-refractivity contribution in [1.82, 2.24) is 9.97 Å². The topological polar surface area (TPSA) is 78.1 Å². The Morgan fingerprint density at radius 3 is 2.34 bits per heavy atom. The van der Waals surface area contributed by atoms with Crippen molar-refractivity contribution in [3.8, 4) is 22.4 Å². The van der Waals surface area contributed by atoms with E-state index >= 15 is 0 Å². The number of hydrogen-bond acceptors (Lipinski definition) is 3. The van der Waals surface area contributed by atoms with Crippen LogP contribution < -0.4 is 10.2 Å². The van der Waals surface area contributed by atoms with E-state index in [0.717, 1.165) is 11.1 Å². The number of para-hydroxylation sites is 1. The summed E-state index contributed by atoms with van der Waals surface area (Å²) in [5.41, 5.74) is 5.58. The van der Waals surface area contributed by atoms with Crippen molar-refractivity contribution in [1.29, 1.82) is 0 Å². The van der Waals surface area contributed by atoms with E-state index in [9.17, 15) is 9.59 Å². The second-order valence-corrected chi connectivity index (χ2v) is 9.09. The Morgan fingerprint density at radius 1 is 0.868 bits per heavy atom. The summed E-state index contributed by atoms with van der Waals surface area (Å²) in [6.07, 6.45) is -0.0292. The third-order valence-corrected chi connectivity index (χ3v) is 6.56. The maximum absolute atomic E-state index is 13.8. The number of fused-ring (bicyclic) bond motifs is 3. The molecule has 2 N–H and O–H groups in total. The van der Waals surface area contributed by atoms with Crippen molar-refractivity contribution in [2.24, 2.45) is 0 Å². The predicted molar refractivity (Wildman–Crippen MR) is 150 cm³/mol. The van der Waals surface area contributed by atoms with Crippen molar-refractivity contribution in [3.63, 3.8) is 0 Å². The maximum Gasteiger partial charge on any atom is 0.258 e. The summed E-state index contributed by atoms with van der Waals surface area (Å²) >= 11 is 0. The summed E-state index contributed by atoms with van der Waals surface area (Å²) in [7, 11) is 0. The Morgan fingerprint density at radius 2 is 1.55 bits per heavy atom. The molecule has 1 aromatic heterocycles. The second kappa shape index (κ2) is 9.82. The first kappa shape index (κ1) is 21.1. The van der Waals surface area contributed by atoms with Gasteiger partial charge in [-0.15, -0.1) is 0 Å². The van der Waals surface area contributed by atoms with Crippen LogP contribution in [0.2, 0.25) is 0 Å². The lowest BCUT2D eigenvalue weighted by Crippen LogP contribution is -2.32. The standard InChI is InChI=1S/C32H26N4O2/c1-21-33-28-19-20-36(29-14-8-7-13-27(29)30(28)34-21)32(38)23-15-17-24(18-16-23)35-31(37)26-12-6-5-11-25(26)22-9-3-2-4-10-22/h2-18H,19-20H2,1H3,(H,33,34)(H,35,37)/i20D2. The number of aryl methyl sites for hydroxylation is 2. The summed E-state index contributed by atoms with van der Waals surface area (Å²) in [5.74, 6) is -0.0497. The fourth-order valence-electron chi connectivity index (χ4n) is 4.76. The number of anilines is 2. The number of nitrogens with one attached hydrogen (secondary N) is 2. The van der Waals surface area contributed by atoms with Crippen LogP contribution in [0.4, 0.5) is 11.4 Å². The Kier molecular flexibility index (Phi) is 5.47. The van der Waals surface area contributed by atoms with Crippen LogP contribution in [0.25, 0.3) is 22.4 Å². The van der Waals surface area contributed by atoms with Crippen LogP contribution >= 0.6 is 0 Å². The molecule has 0 atom stereocenters. The minimum absolute atomic E-state index is 0.0292. The van der Waals surface area contributed by atoms with Crippen molar-refractivity contribution >= 4 is 23.2 Å². The second-order valence-electron chi connectivity index (χ2n) is 9.09. The minimum atomic E-state index is -2.01. The van der Waals surface area contributed by atoms with Crippen LogP contribution in [0.15, 0.2) is 103 Å². The number of hydrogen-bond donors (Lipinski definition) is 2. The van der Waals surface area contributed by atoms with Gasteiger partial charge in [0.25, 0.3) is 11.8 Å². The van der Waals surface area contributed by atoms with Crippen molar-refractivity contribution in [2.75, 3.05) is 16.7 Å². The first-order valence-corrected chi connectivity index (χ1v) is 12.4. The maximum atomic E-state index is 13.8. The molecule has 6 nitrogen and oxygen atoms in total. The fourth-order valence-corrected chi connectivity index (χ4v) is 4.76. The number of aromatic nitrogens is 2. The molecule has 6 rings (SSSR count). The quantitative estimate of drug-likeness (QED) is 0.295. The third-order valence-electron chi connectivity index (χ3n) is 6.56. The number of H-pyrrole nitrogens is 1. The SMILES string of the molecule is [2H]C1([2H])Cc2[nH]c(C)nc2-c2ccccc2N1C(=O)c1ccc(NC(=O)c2ccccc2-c2ccccc2)cc1. The molecule has 4 aromatic carbocycles.